The molecule has 0 saturated heterocycles. The fourth-order valence-electron chi connectivity index (χ4n) is 1.96. The van der Waals surface area contributed by atoms with Gasteiger partial charge in [0.25, 0.3) is 0 Å². The van der Waals surface area contributed by atoms with E-state index in [2.05, 4.69) is 76.6 Å². The number of phosphoric ester groups is 1. The normalized spacial score (nSPS) is 9.76. The summed E-state index contributed by atoms with van der Waals surface area (Å²) < 4.78 is 25.2. The summed E-state index contributed by atoms with van der Waals surface area (Å²) in [5.74, 6) is 23.5. The Morgan fingerprint density at radius 2 is 1.45 bits per heavy atom. The molecular weight excluding hydrogens is 447 g/mol. The van der Waals surface area contributed by atoms with Crippen molar-refractivity contribution in [2.75, 3.05) is 13.2 Å². The number of terminal acetylenes is 1. The molecule has 0 rings (SSSR count). The van der Waals surface area contributed by atoms with Gasteiger partial charge in [-0.15, -0.1) is 6.42 Å². The molecule has 0 aromatic rings. The van der Waals surface area contributed by atoms with Crippen LogP contribution in [0.1, 0.15) is 45.4 Å². The summed E-state index contributed by atoms with van der Waals surface area (Å²) in [5.41, 5.74) is 0. The SMILES string of the molecule is C#CC#CC#CC#CC#CC#CC(=O)OC[C@@H](COP(=O)(O)O)OC(=O)CCCCCCC. The van der Waals surface area contributed by atoms with Crippen LogP contribution in [0.2, 0.25) is 0 Å². The zero-order valence-corrected chi connectivity index (χ0v) is 19.0. The van der Waals surface area contributed by atoms with Crippen molar-refractivity contribution < 1.29 is 37.9 Å². The molecule has 0 amide bonds. The number of rotatable bonds is 12. The van der Waals surface area contributed by atoms with Gasteiger partial charge in [0.15, 0.2) is 6.10 Å². The summed E-state index contributed by atoms with van der Waals surface area (Å²) in [4.78, 5) is 41.2. The van der Waals surface area contributed by atoms with Crippen LogP contribution >= 0.6 is 7.82 Å². The van der Waals surface area contributed by atoms with E-state index in [1.54, 1.807) is 0 Å². The van der Waals surface area contributed by atoms with Crippen molar-refractivity contribution in [3.05, 3.63) is 0 Å². The molecule has 0 unspecified atom stereocenters. The number of carbonyl (C=O) groups excluding carboxylic acids is 2. The molecule has 0 spiro atoms. The smallest absolute Gasteiger partial charge is 0.456 e. The van der Waals surface area contributed by atoms with Crippen molar-refractivity contribution in [1.82, 2.24) is 0 Å². The lowest BCUT2D eigenvalue weighted by molar-refractivity contribution is -0.158. The molecule has 9 heteroatoms. The second-order valence-corrected chi connectivity index (χ2v) is 7.29. The van der Waals surface area contributed by atoms with Gasteiger partial charge in [-0.2, -0.15) is 0 Å². The maximum atomic E-state index is 11.9. The van der Waals surface area contributed by atoms with E-state index in [0.29, 0.717) is 6.42 Å². The third-order valence-corrected chi connectivity index (χ3v) is 3.83. The van der Waals surface area contributed by atoms with Crippen LogP contribution in [0.4, 0.5) is 0 Å². The quantitative estimate of drug-likeness (QED) is 0.145. The maximum absolute atomic E-state index is 11.9. The highest BCUT2D eigenvalue weighted by Gasteiger charge is 2.22. The van der Waals surface area contributed by atoms with Crippen molar-refractivity contribution in [3.8, 4) is 71.5 Å². The minimum atomic E-state index is -4.80. The van der Waals surface area contributed by atoms with Gasteiger partial charge in [-0.25, -0.2) is 9.36 Å². The summed E-state index contributed by atoms with van der Waals surface area (Å²) in [5, 5.41) is 0. The van der Waals surface area contributed by atoms with Gasteiger partial charge in [0, 0.05) is 12.3 Å². The highest BCUT2D eigenvalue weighted by atomic mass is 31.2. The summed E-state index contributed by atoms with van der Waals surface area (Å²) in [7, 11) is -4.80. The van der Waals surface area contributed by atoms with E-state index in [1.807, 2.05) is 0 Å². The lowest BCUT2D eigenvalue weighted by Gasteiger charge is -2.17. The molecule has 0 aromatic carbocycles. The highest BCUT2D eigenvalue weighted by molar-refractivity contribution is 7.46. The van der Waals surface area contributed by atoms with E-state index in [4.69, 9.17) is 25.7 Å². The molecule has 0 fully saturated rings. The molecule has 0 aliphatic rings. The third kappa shape index (κ3) is 21.4. The Morgan fingerprint density at radius 3 is 2.03 bits per heavy atom. The van der Waals surface area contributed by atoms with E-state index in [1.165, 1.54) is 0 Å². The molecule has 0 radical (unpaired) electrons. The van der Waals surface area contributed by atoms with Crippen molar-refractivity contribution >= 4 is 19.8 Å². The fraction of sp³-hybridized carbons (Fsp3) is 0.417. The van der Waals surface area contributed by atoms with E-state index >= 15 is 0 Å². The van der Waals surface area contributed by atoms with E-state index < -0.39 is 39.1 Å². The molecule has 0 saturated carbocycles. The van der Waals surface area contributed by atoms with Gasteiger partial charge in [-0.3, -0.25) is 9.32 Å². The largest absolute Gasteiger partial charge is 0.469 e. The van der Waals surface area contributed by atoms with Crippen molar-refractivity contribution in [2.45, 2.75) is 51.6 Å². The first-order valence-electron chi connectivity index (χ1n) is 9.81. The second kappa shape index (κ2) is 19.1. The minimum absolute atomic E-state index is 0.126. The second-order valence-electron chi connectivity index (χ2n) is 6.06. The van der Waals surface area contributed by atoms with Crippen LogP contribution in [0.15, 0.2) is 0 Å². The molecule has 172 valence electrons. The monoisotopic (exact) mass is 470 g/mol. The van der Waals surface area contributed by atoms with Crippen LogP contribution in [0.3, 0.4) is 0 Å². The summed E-state index contributed by atoms with van der Waals surface area (Å²) >= 11 is 0. The Kier molecular flexibility index (Phi) is 17.0. The molecule has 1 atom stereocenters. The van der Waals surface area contributed by atoms with Crippen LogP contribution in [-0.4, -0.2) is 41.0 Å². The molecule has 0 aliphatic carbocycles. The predicted molar refractivity (Wildman–Crippen MR) is 120 cm³/mol. The number of phosphoric acid groups is 1. The van der Waals surface area contributed by atoms with Crippen molar-refractivity contribution in [1.29, 1.82) is 0 Å². The van der Waals surface area contributed by atoms with Gasteiger partial charge >= 0.3 is 19.8 Å². The fourth-order valence-corrected chi connectivity index (χ4v) is 2.32. The molecule has 0 bridgehead atoms. The van der Waals surface area contributed by atoms with Crippen molar-refractivity contribution in [3.63, 3.8) is 0 Å². The number of ether oxygens (including phenoxy) is 2. The predicted octanol–water partition coefficient (Wildman–Crippen LogP) is 1.56. The third-order valence-electron chi connectivity index (χ3n) is 3.35. The standard InChI is InChI=1S/C24H23O8P/c1-3-5-7-9-10-11-12-13-15-16-18-23(25)30-20-22(21-31-33(27,28)29)32-24(26)19-17-14-8-6-4-2/h1,22H,4,6,8,14,17,19-21H2,2H3,(H2,27,28,29)/t22-/m0/s1. The summed E-state index contributed by atoms with van der Waals surface area (Å²) in [6, 6.07) is 0. The zero-order valence-electron chi connectivity index (χ0n) is 18.1. The van der Waals surface area contributed by atoms with Gasteiger partial charge in [-0.1, -0.05) is 32.6 Å². The van der Waals surface area contributed by atoms with Crippen LogP contribution < -0.4 is 0 Å². The average molecular weight is 470 g/mol. The molecular formula is C24H23O8P. The molecule has 33 heavy (non-hydrogen) atoms. The van der Waals surface area contributed by atoms with Crippen LogP contribution in [0.5, 0.6) is 0 Å². The Balaban J connectivity index is 4.67. The topological polar surface area (TPSA) is 119 Å². The van der Waals surface area contributed by atoms with E-state index in [9.17, 15) is 14.2 Å². The summed E-state index contributed by atoms with van der Waals surface area (Å²) in [6.45, 7) is 0.911. The lowest BCUT2D eigenvalue weighted by Crippen LogP contribution is -2.29. The van der Waals surface area contributed by atoms with Gasteiger partial charge < -0.3 is 19.3 Å². The van der Waals surface area contributed by atoms with Crippen molar-refractivity contribution in [2.24, 2.45) is 0 Å². The molecule has 8 nitrogen and oxygen atoms in total. The number of hydrogen-bond donors (Lipinski definition) is 2. The van der Waals surface area contributed by atoms with Crippen LogP contribution in [-0.2, 0) is 28.2 Å². The first kappa shape index (κ1) is 29.4. The number of unbranched alkanes of at least 4 members (excludes halogenated alkanes) is 4. The van der Waals surface area contributed by atoms with E-state index in [0.717, 1.165) is 25.7 Å². The molecule has 0 heterocycles. The van der Waals surface area contributed by atoms with Gasteiger partial charge in [0.05, 0.1) is 6.61 Å². The Labute approximate surface area is 194 Å². The highest BCUT2D eigenvalue weighted by Crippen LogP contribution is 2.35. The lowest BCUT2D eigenvalue weighted by atomic mass is 10.1. The minimum Gasteiger partial charge on any atom is -0.456 e. The Morgan fingerprint density at radius 1 is 0.879 bits per heavy atom. The van der Waals surface area contributed by atoms with E-state index in [-0.39, 0.29) is 6.42 Å². The average Bonchev–Trinajstić information content (AvgIpc) is 2.76. The summed E-state index contributed by atoms with van der Waals surface area (Å²) in [6.07, 6.45) is 8.42. The first-order chi connectivity index (χ1) is 15.8. The molecule has 2 N–H and O–H groups in total. The number of carbonyl (C=O) groups is 2. The number of hydrogen-bond acceptors (Lipinski definition) is 6. The van der Waals surface area contributed by atoms with Gasteiger partial charge in [0.2, 0.25) is 0 Å². The van der Waals surface area contributed by atoms with Crippen LogP contribution in [0, 0.1) is 71.5 Å². The Hall–Kier alpha value is -3.59. The maximum Gasteiger partial charge on any atom is 0.469 e. The first-order valence-corrected chi connectivity index (χ1v) is 11.3. The molecule has 0 aliphatic heterocycles. The molecule has 0 aromatic heterocycles. The van der Waals surface area contributed by atoms with Gasteiger partial charge in [0.1, 0.15) is 6.61 Å². The Bertz CT molecular complexity index is 1050. The zero-order chi connectivity index (χ0) is 24.8. The van der Waals surface area contributed by atoms with Gasteiger partial charge in [-0.05, 0) is 65.6 Å². The van der Waals surface area contributed by atoms with Crippen LogP contribution in [0.25, 0.3) is 0 Å². The number of esters is 2.